The van der Waals surface area contributed by atoms with Crippen LogP contribution in [0.2, 0.25) is 0 Å². The molecule has 0 aromatic heterocycles. The number of rotatable bonds is 6. The van der Waals surface area contributed by atoms with Gasteiger partial charge in [0.25, 0.3) is 15.8 Å². The molecule has 0 heterocycles. The van der Waals surface area contributed by atoms with E-state index in [2.05, 4.69) is 4.99 Å². The number of non-ortho nitro benzene ring substituents is 1. The van der Waals surface area contributed by atoms with E-state index in [0.29, 0.717) is 6.07 Å². The monoisotopic (exact) mass is 486 g/mol. The predicted octanol–water partition coefficient (Wildman–Crippen LogP) is -4.67. The summed E-state index contributed by atoms with van der Waals surface area (Å²) in [6.45, 7) is 1.13. The SMILES string of the molecule is CC([O-])=Nc1ccc(/C=C/c2ccc([N+](=O)[O-])cc2S(=O)(=O)O)c(S(=O)(=O)[O-])c1.[Na+].[Na+]. The zero-order valence-electron chi connectivity index (χ0n) is 16.5. The Balaban J connectivity index is 0.00000450. The van der Waals surface area contributed by atoms with Crippen LogP contribution in [0, 0.1) is 10.1 Å². The molecule has 2 aromatic rings. The molecule has 0 aliphatic carbocycles. The number of nitro benzene ring substituents is 1. The van der Waals surface area contributed by atoms with Gasteiger partial charge in [0, 0.05) is 12.1 Å². The summed E-state index contributed by atoms with van der Waals surface area (Å²) in [6, 6.07) is 5.95. The van der Waals surface area contributed by atoms with E-state index in [1.165, 1.54) is 12.1 Å². The first-order valence-corrected chi connectivity index (χ1v) is 10.4. The number of hydrogen-bond acceptors (Lipinski definition) is 9. The molecule has 0 aliphatic heterocycles. The molecule has 1 N–H and O–H groups in total. The van der Waals surface area contributed by atoms with Crippen molar-refractivity contribution in [3.63, 3.8) is 0 Å². The molecule has 0 saturated heterocycles. The zero-order chi connectivity index (χ0) is 22.0. The van der Waals surface area contributed by atoms with Crippen molar-refractivity contribution in [2.45, 2.75) is 16.7 Å². The van der Waals surface area contributed by atoms with Gasteiger partial charge in [0.15, 0.2) is 0 Å². The normalized spacial score (nSPS) is 12.2. The largest absolute Gasteiger partial charge is 1.00 e. The third-order valence-corrected chi connectivity index (χ3v) is 5.28. The third-order valence-electron chi connectivity index (χ3n) is 3.48. The van der Waals surface area contributed by atoms with E-state index in [1.54, 1.807) is 0 Å². The first-order valence-electron chi connectivity index (χ1n) is 7.55. The van der Waals surface area contributed by atoms with Crippen LogP contribution in [0.1, 0.15) is 18.1 Å². The van der Waals surface area contributed by atoms with E-state index in [1.807, 2.05) is 0 Å². The van der Waals surface area contributed by atoms with Crippen LogP contribution < -0.4 is 64.2 Å². The van der Waals surface area contributed by atoms with E-state index in [4.69, 9.17) is 0 Å². The molecule has 0 amide bonds. The Kier molecular flexibility index (Phi) is 11.2. The summed E-state index contributed by atoms with van der Waals surface area (Å²) in [5.41, 5.74) is -1.00. The molecule has 0 atom stereocenters. The predicted molar refractivity (Wildman–Crippen MR) is 99.0 cm³/mol. The Morgan fingerprint density at radius 2 is 1.52 bits per heavy atom. The van der Waals surface area contributed by atoms with E-state index in [-0.39, 0.29) is 75.9 Å². The summed E-state index contributed by atoms with van der Waals surface area (Å²) in [4.78, 5) is 12.0. The Labute approximate surface area is 222 Å². The first-order chi connectivity index (χ1) is 13.3. The van der Waals surface area contributed by atoms with Gasteiger partial charge in [0.1, 0.15) is 15.0 Å². The Morgan fingerprint density at radius 3 is 1.97 bits per heavy atom. The van der Waals surface area contributed by atoms with Crippen molar-refractivity contribution >= 4 is 49.7 Å². The summed E-state index contributed by atoms with van der Waals surface area (Å²) in [5.74, 6) is -0.619. The first kappa shape index (κ1) is 29.9. The van der Waals surface area contributed by atoms with Crippen molar-refractivity contribution in [1.82, 2.24) is 0 Å². The van der Waals surface area contributed by atoms with Gasteiger partial charge < -0.3 is 9.66 Å². The van der Waals surface area contributed by atoms with Gasteiger partial charge in [-0.2, -0.15) is 8.42 Å². The second-order valence-corrected chi connectivity index (χ2v) is 8.33. The number of benzene rings is 2. The fourth-order valence-electron chi connectivity index (χ4n) is 2.31. The van der Waals surface area contributed by atoms with Gasteiger partial charge in [0.05, 0.1) is 15.5 Å². The maximum Gasteiger partial charge on any atom is 1.00 e. The molecule has 0 radical (unpaired) electrons. The second-order valence-electron chi connectivity index (χ2n) is 5.59. The molecule has 0 saturated carbocycles. The molecule has 2 rings (SSSR count). The zero-order valence-corrected chi connectivity index (χ0v) is 22.2. The second kappa shape index (κ2) is 11.7. The van der Waals surface area contributed by atoms with Gasteiger partial charge in [-0.25, -0.2) is 8.42 Å². The number of aliphatic imine (C=N–C) groups is 1. The van der Waals surface area contributed by atoms with Crippen LogP contribution in [-0.2, 0) is 20.2 Å². The molecule has 11 nitrogen and oxygen atoms in total. The Bertz CT molecular complexity index is 1250. The van der Waals surface area contributed by atoms with E-state index in [0.717, 1.165) is 37.3 Å². The average Bonchev–Trinajstić information content (AvgIpc) is 2.58. The minimum Gasteiger partial charge on any atom is -0.862 e. The topological polar surface area (TPSA) is 190 Å². The van der Waals surface area contributed by atoms with Crippen LogP contribution in [-0.4, -0.2) is 36.8 Å². The summed E-state index contributed by atoms with van der Waals surface area (Å²) in [5, 5.41) is 21.9. The van der Waals surface area contributed by atoms with Crippen LogP contribution in [0.15, 0.2) is 51.2 Å². The molecule has 0 spiro atoms. The fourth-order valence-corrected chi connectivity index (χ4v) is 3.70. The minimum absolute atomic E-state index is 0. The number of nitro groups is 1. The van der Waals surface area contributed by atoms with Gasteiger partial charge in [-0.05, 0) is 42.1 Å². The molecular formula is C16H12N2Na2O9S2. The molecule has 0 fully saturated rings. The van der Waals surface area contributed by atoms with Crippen LogP contribution in [0.5, 0.6) is 0 Å². The smallest absolute Gasteiger partial charge is 0.862 e. The summed E-state index contributed by atoms with van der Waals surface area (Å²) in [6.07, 6.45) is 2.12. The van der Waals surface area contributed by atoms with Gasteiger partial charge in [-0.1, -0.05) is 18.2 Å². The van der Waals surface area contributed by atoms with Crippen LogP contribution in [0.4, 0.5) is 11.4 Å². The third kappa shape index (κ3) is 8.38. The standard InChI is InChI=1S/C16H14N2O9S2.2Na/c1-10(19)17-13-6-4-11(15(8-13)28(22,23)24)2-3-12-5-7-14(18(20)21)9-16(12)29(25,26)27;;/h2-9H,1H3,(H,17,19)(H,22,23,24)(H,25,26,27);;/q;2*+1/p-2/b3-2+;;. The number of nitrogens with zero attached hydrogens (tertiary/aromatic N) is 2. The van der Waals surface area contributed by atoms with Crippen molar-refractivity contribution in [1.29, 1.82) is 0 Å². The summed E-state index contributed by atoms with van der Waals surface area (Å²) >= 11 is 0. The molecule has 0 aliphatic rings. The summed E-state index contributed by atoms with van der Waals surface area (Å²) in [7, 11) is -9.82. The van der Waals surface area contributed by atoms with Gasteiger partial charge >= 0.3 is 59.1 Å². The van der Waals surface area contributed by atoms with E-state index < -0.39 is 46.5 Å². The molecule has 154 valence electrons. The van der Waals surface area contributed by atoms with E-state index in [9.17, 15) is 41.2 Å². The number of hydrogen-bond donors (Lipinski definition) is 1. The van der Waals surface area contributed by atoms with Gasteiger partial charge in [-0.15, -0.1) is 0 Å². The van der Waals surface area contributed by atoms with E-state index >= 15 is 0 Å². The molecule has 0 unspecified atom stereocenters. The maximum atomic E-state index is 11.5. The molecule has 0 bridgehead atoms. The molecule has 31 heavy (non-hydrogen) atoms. The van der Waals surface area contributed by atoms with Crippen LogP contribution in [0.25, 0.3) is 12.2 Å². The van der Waals surface area contributed by atoms with Crippen LogP contribution in [0.3, 0.4) is 0 Å². The van der Waals surface area contributed by atoms with Crippen molar-refractivity contribution in [3.8, 4) is 0 Å². The molecule has 15 heteroatoms. The Hall–Kier alpha value is -1.13. The van der Waals surface area contributed by atoms with Crippen molar-refractivity contribution in [3.05, 3.63) is 57.6 Å². The molecular weight excluding hydrogens is 474 g/mol. The molecule has 2 aromatic carbocycles. The van der Waals surface area contributed by atoms with Gasteiger partial charge in [0.2, 0.25) is 0 Å². The minimum atomic E-state index is -4.98. The van der Waals surface area contributed by atoms with Crippen molar-refractivity contribution in [2.24, 2.45) is 4.99 Å². The summed E-state index contributed by atoms with van der Waals surface area (Å²) < 4.78 is 66.9. The van der Waals surface area contributed by atoms with Crippen LogP contribution >= 0.6 is 0 Å². The van der Waals surface area contributed by atoms with Crippen molar-refractivity contribution < 1.29 is 95.1 Å². The maximum absolute atomic E-state index is 11.5. The quantitative estimate of drug-likeness (QED) is 0.0795. The van der Waals surface area contributed by atoms with Crippen molar-refractivity contribution in [2.75, 3.05) is 0 Å². The fraction of sp³-hybridized carbons (Fsp3) is 0.0625. The van der Waals surface area contributed by atoms with Gasteiger partial charge in [-0.3, -0.25) is 19.7 Å². The average molecular weight is 486 g/mol. The Morgan fingerprint density at radius 1 is 1.00 bits per heavy atom.